The Morgan fingerprint density at radius 1 is 1.40 bits per heavy atom. The number of hydrogen-bond acceptors (Lipinski definition) is 2. The molecule has 15 heavy (non-hydrogen) atoms. The Labute approximate surface area is 89.6 Å². The van der Waals surface area contributed by atoms with Crippen LogP contribution in [0.25, 0.3) is 0 Å². The third-order valence-electron chi connectivity index (χ3n) is 2.10. The van der Waals surface area contributed by atoms with Gasteiger partial charge in [0.2, 0.25) is 0 Å². The van der Waals surface area contributed by atoms with E-state index in [0.717, 1.165) is 5.56 Å². The fourth-order valence-corrected chi connectivity index (χ4v) is 1.22. The molecule has 2 atom stereocenters. The van der Waals surface area contributed by atoms with Crippen molar-refractivity contribution in [3.63, 3.8) is 0 Å². The lowest BCUT2D eigenvalue weighted by Gasteiger charge is -2.16. The van der Waals surface area contributed by atoms with Gasteiger partial charge in [0.05, 0.1) is 6.61 Å². The molecule has 2 unspecified atom stereocenters. The Hall–Kier alpha value is -1.19. The molecule has 0 bridgehead atoms. The third-order valence-corrected chi connectivity index (χ3v) is 2.10. The van der Waals surface area contributed by atoms with Crippen LogP contribution >= 0.6 is 0 Å². The van der Waals surface area contributed by atoms with E-state index in [1.54, 1.807) is 0 Å². The SMILES string of the molecule is C=CC(OCc1ccccc1)C(F)CN. The molecule has 3 heteroatoms. The van der Waals surface area contributed by atoms with E-state index in [4.69, 9.17) is 10.5 Å². The maximum Gasteiger partial charge on any atom is 0.142 e. The predicted octanol–water partition coefficient (Wildman–Crippen LogP) is 2.05. The molecule has 0 heterocycles. The highest BCUT2D eigenvalue weighted by Crippen LogP contribution is 2.08. The van der Waals surface area contributed by atoms with E-state index in [2.05, 4.69) is 6.58 Å². The molecule has 0 amide bonds. The van der Waals surface area contributed by atoms with E-state index in [1.165, 1.54) is 6.08 Å². The number of nitrogens with two attached hydrogens (primary N) is 1. The molecule has 2 nitrogen and oxygen atoms in total. The second-order valence-electron chi connectivity index (χ2n) is 3.25. The van der Waals surface area contributed by atoms with Crippen LogP contribution in [0.3, 0.4) is 0 Å². The zero-order valence-corrected chi connectivity index (χ0v) is 8.60. The highest BCUT2D eigenvalue weighted by Gasteiger charge is 2.16. The molecule has 1 rings (SSSR count). The number of rotatable bonds is 6. The number of benzene rings is 1. The minimum atomic E-state index is -1.19. The van der Waals surface area contributed by atoms with Crippen LogP contribution in [0.4, 0.5) is 4.39 Å². The number of hydrogen-bond donors (Lipinski definition) is 1. The van der Waals surface area contributed by atoms with Crippen LogP contribution in [-0.2, 0) is 11.3 Å². The summed E-state index contributed by atoms with van der Waals surface area (Å²) in [5, 5.41) is 0. The average Bonchev–Trinajstić information content (AvgIpc) is 2.31. The highest BCUT2D eigenvalue weighted by molar-refractivity contribution is 5.13. The largest absolute Gasteiger partial charge is 0.366 e. The summed E-state index contributed by atoms with van der Waals surface area (Å²) in [7, 11) is 0. The van der Waals surface area contributed by atoms with Crippen molar-refractivity contribution in [2.24, 2.45) is 5.73 Å². The normalized spacial score (nSPS) is 14.5. The van der Waals surface area contributed by atoms with Gasteiger partial charge in [-0.2, -0.15) is 0 Å². The minimum absolute atomic E-state index is 0.0501. The van der Waals surface area contributed by atoms with E-state index < -0.39 is 12.3 Å². The Bertz CT molecular complexity index is 289. The molecule has 2 N–H and O–H groups in total. The van der Waals surface area contributed by atoms with Crippen molar-refractivity contribution >= 4 is 0 Å². The lowest BCUT2D eigenvalue weighted by Crippen LogP contribution is -2.30. The molecule has 82 valence electrons. The molecule has 0 spiro atoms. The standard InChI is InChI=1S/C12H16FNO/c1-2-12(11(13)8-14)15-9-10-6-4-3-5-7-10/h2-7,11-12H,1,8-9,14H2. The molecule has 0 aliphatic rings. The average molecular weight is 209 g/mol. The van der Waals surface area contributed by atoms with Gasteiger partial charge in [0, 0.05) is 6.54 Å². The summed E-state index contributed by atoms with van der Waals surface area (Å²) in [5.41, 5.74) is 6.22. The molecule has 0 aliphatic heterocycles. The van der Waals surface area contributed by atoms with Gasteiger partial charge in [-0.1, -0.05) is 36.4 Å². The first-order chi connectivity index (χ1) is 7.27. The highest BCUT2D eigenvalue weighted by atomic mass is 19.1. The van der Waals surface area contributed by atoms with Crippen molar-refractivity contribution in [3.05, 3.63) is 48.6 Å². The Balaban J connectivity index is 2.44. The Morgan fingerprint density at radius 3 is 2.60 bits per heavy atom. The second kappa shape index (κ2) is 6.32. The summed E-state index contributed by atoms with van der Waals surface area (Å²) in [4.78, 5) is 0. The summed E-state index contributed by atoms with van der Waals surface area (Å²) >= 11 is 0. The van der Waals surface area contributed by atoms with E-state index in [0.29, 0.717) is 6.61 Å². The zero-order chi connectivity index (χ0) is 11.1. The molecule has 0 saturated carbocycles. The van der Waals surface area contributed by atoms with Gasteiger partial charge in [-0.15, -0.1) is 6.58 Å². The summed E-state index contributed by atoms with van der Waals surface area (Å²) in [6.45, 7) is 3.84. The molecule has 0 saturated heterocycles. The van der Waals surface area contributed by atoms with Gasteiger partial charge in [0.15, 0.2) is 0 Å². The van der Waals surface area contributed by atoms with Gasteiger partial charge in [-0.05, 0) is 5.56 Å². The van der Waals surface area contributed by atoms with Crippen molar-refractivity contribution in [3.8, 4) is 0 Å². The maximum absolute atomic E-state index is 13.2. The summed E-state index contributed by atoms with van der Waals surface area (Å²) in [6, 6.07) is 9.60. The molecular formula is C12H16FNO. The Morgan fingerprint density at radius 2 is 2.07 bits per heavy atom. The first-order valence-corrected chi connectivity index (χ1v) is 4.90. The smallest absolute Gasteiger partial charge is 0.142 e. The number of alkyl halides is 1. The van der Waals surface area contributed by atoms with Gasteiger partial charge in [0.1, 0.15) is 12.3 Å². The fraction of sp³-hybridized carbons (Fsp3) is 0.333. The maximum atomic E-state index is 13.2. The van der Waals surface area contributed by atoms with Gasteiger partial charge in [0.25, 0.3) is 0 Å². The topological polar surface area (TPSA) is 35.2 Å². The first-order valence-electron chi connectivity index (χ1n) is 4.90. The molecule has 1 aromatic carbocycles. The molecular weight excluding hydrogens is 193 g/mol. The molecule has 0 radical (unpaired) electrons. The predicted molar refractivity (Wildman–Crippen MR) is 59.2 cm³/mol. The second-order valence-corrected chi connectivity index (χ2v) is 3.25. The van der Waals surface area contributed by atoms with E-state index in [-0.39, 0.29) is 6.54 Å². The minimum Gasteiger partial charge on any atom is -0.366 e. The molecule has 1 aromatic rings. The van der Waals surface area contributed by atoms with Gasteiger partial charge in [-0.3, -0.25) is 0 Å². The van der Waals surface area contributed by atoms with Crippen LogP contribution in [0.1, 0.15) is 5.56 Å². The third kappa shape index (κ3) is 3.81. The van der Waals surface area contributed by atoms with Gasteiger partial charge in [-0.25, -0.2) is 4.39 Å². The Kier molecular flexibility index (Phi) is 5.01. The van der Waals surface area contributed by atoms with Crippen molar-refractivity contribution in [1.82, 2.24) is 0 Å². The van der Waals surface area contributed by atoms with Crippen molar-refractivity contribution in [2.45, 2.75) is 18.9 Å². The lowest BCUT2D eigenvalue weighted by atomic mass is 10.2. The summed E-state index contributed by atoms with van der Waals surface area (Å²) < 4.78 is 18.5. The van der Waals surface area contributed by atoms with Gasteiger partial charge >= 0.3 is 0 Å². The fourth-order valence-electron chi connectivity index (χ4n) is 1.22. The first kappa shape index (κ1) is 11.9. The van der Waals surface area contributed by atoms with Crippen molar-refractivity contribution in [1.29, 1.82) is 0 Å². The monoisotopic (exact) mass is 209 g/mol. The van der Waals surface area contributed by atoms with Crippen molar-refractivity contribution in [2.75, 3.05) is 6.54 Å². The van der Waals surface area contributed by atoms with Crippen LogP contribution in [0.2, 0.25) is 0 Å². The molecule has 0 aliphatic carbocycles. The molecule has 0 aromatic heterocycles. The van der Waals surface area contributed by atoms with Crippen LogP contribution in [0.5, 0.6) is 0 Å². The number of halogens is 1. The van der Waals surface area contributed by atoms with E-state index in [9.17, 15) is 4.39 Å². The van der Waals surface area contributed by atoms with Crippen LogP contribution in [0.15, 0.2) is 43.0 Å². The summed E-state index contributed by atoms with van der Waals surface area (Å²) in [5.74, 6) is 0. The lowest BCUT2D eigenvalue weighted by molar-refractivity contribution is 0.0211. The van der Waals surface area contributed by atoms with Crippen molar-refractivity contribution < 1.29 is 9.13 Å². The van der Waals surface area contributed by atoms with Crippen LogP contribution in [-0.4, -0.2) is 18.8 Å². The summed E-state index contributed by atoms with van der Waals surface area (Å²) in [6.07, 6.45) is -0.373. The van der Waals surface area contributed by atoms with Crippen LogP contribution < -0.4 is 5.73 Å². The van der Waals surface area contributed by atoms with Gasteiger partial charge < -0.3 is 10.5 Å². The van der Waals surface area contributed by atoms with E-state index >= 15 is 0 Å². The zero-order valence-electron chi connectivity index (χ0n) is 8.60. The number of ether oxygens (including phenoxy) is 1. The quantitative estimate of drug-likeness (QED) is 0.728. The molecule has 0 fully saturated rings. The van der Waals surface area contributed by atoms with E-state index in [1.807, 2.05) is 30.3 Å². The van der Waals surface area contributed by atoms with Crippen LogP contribution in [0, 0.1) is 0 Å².